The molecule has 0 aromatic rings. The van der Waals surface area contributed by atoms with Crippen LogP contribution in [-0.2, 0) is 114 Å². The lowest BCUT2D eigenvalue weighted by Gasteiger charge is -2.28. The lowest BCUT2D eigenvalue weighted by Crippen LogP contribution is -2.39. The number of ether oxygens (including phenoxy) is 24. The smallest absolute Gasteiger partial charge is 0.163 e. The first-order valence-corrected chi connectivity index (χ1v) is 54.0. The third-order valence-electron chi connectivity index (χ3n) is 26.8. The van der Waals surface area contributed by atoms with Gasteiger partial charge in [0.2, 0.25) is 0 Å². The maximum absolute atomic E-state index is 9.88. The van der Waals surface area contributed by atoms with Crippen molar-refractivity contribution in [3.63, 3.8) is 0 Å². The van der Waals surface area contributed by atoms with Crippen LogP contribution in [0.1, 0.15) is 199 Å². The summed E-state index contributed by atoms with van der Waals surface area (Å²) in [6.07, 6.45) is 3.95. The zero-order valence-electron chi connectivity index (χ0n) is 89.9. The maximum Gasteiger partial charge on any atom is 0.163 e. The van der Waals surface area contributed by atoms with Gasteiger partial charge in [-0.2, -0.15) is 0 Å². The number of aliphatic hydroxyl groups is 12. The molecule has 8 rings (SSSR count). The Morgan fingerprint density at radius 2 is 0.354 bits per heavy atom. The summed E-state index contributed by atoms with van der Waals surface area (Å²) in [5.41, 5.74) is 0. The molecule has 0 bridgehead atoms. The van der Waals surface area contributed by atoms with Gasteiger partial charge in [-0.15, -0.1) is 0 Å². The fourth-order valence-electron chi connectivity index (χ4n) is 17.7. The zero-order valence-corrected chi connectivity index (χ0v) is 89.9. The molecule has 6 unspecified atom stereocenters. The summed E-state index contributed by atoms with van der Waals surface area (Å²) in [6, 6.07) is 0. The van der Waals surface area contributed by atoms with Crippen LogP contribution in [0.3, 0.4) is 0 Å². The Morgan fingerprint density at radius 1 is 0.208 bits per heavy atom. The highest BCUT2D eigenvalue weighted by atomic mass is 16.8. The predicted octanol–water partition coefficient (Wildman–Crippen LogP) is 2.27. The second kappa shape index (κ2) is 72.2. The third-order valence-corrected chi connectivity index (χ3v) is 26.8. The monoisotopic (exact) mass is 2080 g/mol. The van der Waals surface area contributed by atoms with Crippen LogP contribution < -0.4 is 0 Å². The van der Waals surface area contributed by atoms with Crippen LogP contribution in [0.2, 0.25) is 0 Å². The maximum atomic E-state index is 9.88. The van der Waals surface area contributed by atoms with Gasteiger partial charge >= 0.3 is 0 Å². The first-order valence-electron chi connectivity index (χ1n) is 54.0. The highest BCUT2D eigenvalue weighted by Crippen LogP contribution is 2.31. The number of aliphatic hydroxyl groups excluding tert-OH is 12. The highest BCUT2D eigenvalue weighted by Gasteiger charge is 2.39. The van der Waals surface area contributed by atoms with Crippen molar-refractivity contribution in [2.24, 2.45) is 0 Å². The normalized spacial score (nSPS) is 25.8. The number of nitrogens with zero attached hydrogens (tertiary/aromatic N) is 6. The molecule has 8 aliphatic rings. The molecular formula is C102H198N6O36. The average molecular weight is 2080 g/mol. The minimum absolute atomic E-state index is 0.00260. The van der Waals surface area contributed by atoms with Gasteiger partial charge in [-0.05, 0) is 199 Å². The molecule has 0 amide bonds. The minimum atomic E-state index is -0.896. The SMILES string of the molecule is CC1(C)OCC(CCOC[C@@H](CCN2CCN(CC[C@H](COCCC3COC(C)(C)O3)OCCC3COC(C)(C)O3)CCN(CC[C@H](COCCC3COC(C)(C)O3)OCCC3COC(C)(C)O3)CC2)OCCC2COC(C)(C)O2)O1.OC[C@H](O)CCOC[C@@H](CCN1CCN(CC[C@H](COCC[C@@H](O)CO)OCC[C@@H](O)CO)CCN(CC[C@H](COCC[C@@H](O)CO)OCC[C@@H](O)CO)CC1)OCC[C@@H](O)CO. The van der Waals surface area contributed by atoms with Crippen LogP contribution in [0.15, 0.2) is 0 Å². The number of hydrogen-bond donors (Lipinski definition) is 12. The van der Waals surface area contributed by atoms with Crippen LogP contribution in [0, 0.1) is 0 Å². The zero-order chi connectivity index (χ0) is 104. The van der Waals surface area contributed by atoms with Crippen molar-refractivity contribution in [2.45, 2.75) is 343 Å². The second-order valence-electron chi connectivity index (χ2n) is 42.4. The summed E-state index contributed by atoms with van der Waals surface area (Å²) < 4.78 is 146. The van der Waals surface area contributed by atoms with Crippen LogP contribution in [0.25, 0.3) is 0 Å². The Labute approximate surface area is 859 Å². The van der Waals surface area contributed by atoms with Gasteiger partial charge in [0.05, 0.1) is 229 Å². The van der Waals surface area contributed by atoms with Crippen LogP contribution in [0.4, 0.5) is 0 Å². The van der Waals surface area contributed by atoms with Crippen LogP contribution >= 0.6 is 0 Å². The molecule has 852 valence electrons. The van der Waals surface area contributed by atoms with E-state index in [0.29, 0.717) is 138 Å². The molecule has 0 spiro atoms. The van der Waals surface area contributed by atoms with E-state index >= 15 is 0 Å². The fraction of sp³-hybridized carbons (Fsp3) is 1.00. The molecule has 0 radical (unpaired) electrons. The van der Waals surface area contributed by atoms with E-state index in [9.17, 15) is 61.3 Å². The Balaban J connectivity index is 0.000000405. The highest BCUT2D eigenvalue weighted by molar-refractivity contribution is 4.83. The summed E-state index contributed by atoms with van der Waals surface area (Å²) in [6.45, 7) is 46.4. The molecule has 42 heteroatoms. The van der Waals surface area contributed by atoms with Crippen molar-refractivity contribution in [2.75, 3.05) is 316 Å². The molecule has 0 aromatic heterocycles. The predicted molar refractivity (Wildman–Crippen MR) is 533 cm³/mol. The Hall–Kier alpha value is -1.68. The quantitative estimate of drug-likeness (QED) is 0.0389. The van der Waals surface area contributed by atoms with Gasteiger partial charge < -0.3 is 204 Å². The Bertz CT molecular complexity index is 2810. The third kappa shape index (κ3) is 59.3. The van der Waals surface area contributed by atoms with Gasteiger partial charge in [0, 0.05) is 197 Å². The summed E-state index contributed by atoms with van der Waals surface area (Å²) in [7, 11) is 0. The molecule has 18 atom stereocenters. The van der Waals surface area contributed by atoms with Crippen molar-refractivity contribution >= 4 is 0 Å². The van der Waals surface area contributed by atoms with Crippen molar-refractivity contribution in [3.8, 4) is 0 Å². The largest absolute Gasteiger partial charge is 0.394 e. The molecule has 8 fully saturated rings. The molecule has 144 heavy (non-hydrogen) atoms. The molecule has 0 aliphatic carbocycles. The Kier molecular flexibility index (Phi) is 64.8. The van der Waals surface area contributed by atoms with E-state index in [0.717, 1.165) is 156 Å². The van der Waals surface area contributed by atoms with Gasteiger partial charge in [-0.1, -0.05) is 0 Å². The summed E-state index contributed by atoms with van der Waals surface area (Å²) in [5, 5.41) is 114. The van der Waals surface area contributed by atoms with E-state index < -0.39 is 71.3 Å². The average Bonchev–Trinajstić information content (AvgIpc) is 1.76. The van der Waals surface area contributed by atoms with Crippen LogP contribution in [-0.4, -0.2) is 551 Å². The van der Waals surface area contributed by atoms with Crippen molar-refractivity contribution in [1.29, 1.82) is 0 Å². The van der Waals surface area contributed by atoms with Gasteiger partial charge in [0.25, 0.3) is 0 Å². The molecule has 8 aliphatic heterocycles. The second-order valence-corrected chi connectivity index (χ2v) is 42.4. The molecule has 42 nitrogen and oxygen atoms in total. The number of hydrogen-bond acceptors (Lipinski definition) is 42. The fourth-order valence-corrected chi connectivity index (χ4v) is 17.7. The van der Waals surface area contributed by atoms with Crippen molar-refractivity contribution < 1.29 is 175 Å². The van der Waals surface area contributed by atoms with Crippen molar-refractivity contribution in [3.05, 3.63) is 0 Å². The van der Waals surface area contributed by atoms with Gasteiger partial charge in [-0.25, -0.2) is 0 Å². The first kappa shape index (κ1) is 129. The lowest BCUT2D eigenvalue weighted by atomic mass is 10.2. The van der Waals surface area contributed by atoms with Gasteiger partial charge in [0.1, 0.15) is 0 Å². The van der Waals surface area contributed by atoms with Crippen LogP contribution in [0.5, 0.6) is 0 Å². The topological polar surface area (TPSA) is 484 Å². The molecule has 0 saturated carbocycles. The van der Waals surface area contributed by atoms with Gasteiger partial charge in [0.15, 0.2) is 34.7 Å². The van der Waals surface area contributed by atoms with E-state index in [2.05, 4.69) is 29.4 Å². The first-order chi connectivity index (χ1) is 68.9. The summed E-state index contributed by atoms with van der Waals surface area (Å²) in [4.78, 5) is 14.9. The summed E-state index contributed by atoms with van der Waals surface area (Å²) in [5.74, 6) is -3.40. The molecule has 8 saturated heterocycles. The van der Waals surface area contributed by atoms with Crippen molar-refractivity contribution in [1.82, 2.24) is 29.4 Å². The van der Waals surface area contributed by atoms with E-state index in [1.807, 2.05) is 83.1 Å². The molecule has 12 N–H and O–H groups in total. The van der Waals surface area contributed by atoms with Gasteiger partial charge in [-0.3, -0.25) is 0 Å². The summed E-state index contributed by atoms with van der Waals surface area (Å²) >= 11 is 0. The van der Waals surface area contributed by atoms with E-state index in [4.69, 9.17) is 114 Å². The lowest BCUT2D eigenvalue weighted by molar-refractivity contribution is -0.142. The molecule has 0 aromatic carbocycles. The molecule has 8 heterocycles. The number of rotatable bonds is 78. The standard InChI is InChI=1S/C60H111N3O18.C42H87N3O18/c1-55(2)70-40-49(76-55)16-31-64-37-46(67-34-19-52-43-73-58(7,8)79-52)13-22-61-25-27-62(23-14-47(68-35-20-53-44-74-59(9,10)80-53)38-65-32-17-50-41-71-56(3,4)77-50)29-30-63(28-26-61)24-15-48(69-36-21-54-45-75-60(11,12)81-54)39-66-33-18-51-42-72-57(5,6)78-51;46-25-34(52)4-19-58-31-40(61-22-7-37(55)28-49)1-10-43-13-15-44(11-2-41(62-23-8-38(56)29-50)32-59-20-5-35(53)26-47)17-18-45(16-14-43)12-3-42(63-24-9-39(57)30-51)33-60-21-6-36(54)27-48/h46-54H,13-45H2,1-12H3;34-42,46-57H,1-33H2/t46-,47-,48-,49?,50?,51?,52?,53?,54?;34-,35-,36-,37-,38-,39-,40-,41-,42-/m11/s1. The molecular weight excluding hydrogens is 1890 g/mol. The Morgan fingerprint density at radius 3 is 0.507 bits per heavy atom. The van der Waals surface area contributed by atoms with E-state index in [1.54, 1.807) is 0 Å². The minimum Gasteiger partial charge on any atom is -0.394 e. The van der Waals surface area contributed by atoms with E-state index in [-0.39, 0.29) is 211 Å². The van der Waals surface area contributed by atoms with E-state index in [1.165, 1.54) is 0 Å².